The maximum Gasteiger partial charge on any atom is 0.194 e. The van der Waals surface area contributed by atoms with Crippen LogP contribution in [0.1, 0.15) is 13.8 Å². The average Bonchev–Trinajstić information content (AvgIpc) is 2.04. The Morgan fingerprint density at radius 3 is 2.46 bits per heavy atom. The van der Waals surface area contributed by atoms with Crippen LogP contribution in [0, 0.1) is 3.83 Å². The van der Waals surface area contributed by atoms with Gasteiger partial charge in [-0.25, -0.2) is 9.97 Å². The summed E-state index contributed by atoms with van der Waals surface area (Å²) in [4.78, 5) is 10.4. The van der Waals surface area contributed by atoms with Crippen LogP contribution in [0.2, 0.25) is 5.15 Å². The normalized spacial score (nSPS) is 10.2. The Labute approximate surface area is 96.7 Å². The van der Waals surface area contributed by atoms with E-state index in [2.05, 4.69) is 51.3 Å². The molecule has 0 unspecified atom stereocenters. The molecule has 0 atom stereocenters. The van der Waals surface area contributed by atoms with Crippen LogP contribution >= 0.6 is 34.2 Å². The first-order valence-electron chi connectivity index (χ1n) is 4.12. The first-order chi connectivity index (χ1) is 6.17. The SMILES string of the molecule is CCN(CC)c1cc(Cl)nc(I)n1. The standard InChI is InChI=1S/C8H11ClIN3/c1-3-13(4-2)7-5-6(9)11-8(10)12-7/h5H,3-4H2,1-2H3. The average molecular weight is 312 g/mol. The van der Waals surface area contributed by atoms with Crippen molar-refractivity contribution in [2.45, 2.75) is 13.8 Å². The van der Waals surface area contributed by atoms with Gasteiger partial charge in [-0.1, -0.05) is 11.6 Å². The predicted octanol–water partition coefficient (Wildman–Crippen LogP) is 2.58. The Hall–Kier alpha value is -0.100. The summed E-state index contributed by atoms with van der Waals surface area (Å²) in [5.74, 6) is 0.898. The van der Waals surface area contributed by atoms with Crippen LogP contribution in [0.15, 0.2) is 6.07 Å². The Morgan fingerprint density at radius 2 is 2.00 bits per heavy atom. The molecular weight excluding hydrogens is 300 g/mol. The minimum absolute atomic E-state index is 0.501. The third-order valence-electron chi connectivity index (χ3n) is 1.74. The fourth-order valence-corrected chi connectivity index (χ4v) is 1.92. The molecule has 0 aliphatic rings. The summed E-state index contributed by atoms with van der Waals surface area (Å²) in [6, 6.07) is 1.79. The lowest BCUT2D eigenvalue weighted by Crippen LogP contribution is -2.23. The maximum atomic E-state index is 5.83. The topological polar surface area (TPSA) is 29.0 Å². The number of hydrogen-bond donors (Lipinski definition) is 0. The predicted molar refractivity (Wildman–Crippen MR) is 63.3 cm³/mol. The van der Waals surface area contributed by atoms with Crippen molar-refractivity contribution in [2.24, 2.45) is 0 Å². The lowest BCUT2D eigenvalue weighted by Gasteiger charge is -2.19. The first kappa shape index (κ1) is 11.0. The highest BCUT2D eigenvalue weighted by atomic mass is 127. The van der Waals surface area contributed by atoms with E-state index in [1.165, 1.54) is 0 Å². The van der Waals surface area contributed by atoms with Crippen LogP contribution in [0.4, 0.5) is 5.82 Å². The van der Waals surface area contributed by atoms with Gasteiger partial charge in [-0.15, -0.1) is 0 Å². The molecule has 1 heterocycles. The van der Waals surface area contributed by atoms with E-state index in [9.17, 15) is 0 Å². The molecule has 0 aliphatic heterocycles. The van der Waals surface area contributed by atoms with Gasteiger partial charge in [-0.05, 0) is 13.8 Å². The van der Waals surface area contributed by atoms with E-state index in [4.69, 9.17) is 11.6 Å². The van der Waals surface area contributed by atoms with Gasteiger partial charge in [0.25, 0.3) is 0 Å². The van der Waals surface area contributed by atoms with Gasteiger partial charge in [0.15, 0.2) is 3.83 Å². The van der Waals surface area contributed by atoms with Crippen molar-refractivity contribution >= 4 is 40.0 Å². The van der Waals surface area contributed by atoms with Crippen molar-refractivity contribution in [2.75, 3.05) is 18.0 Å². The lowest BCUT2D eigenvalue weighted by molar-refractivity contribution is 0.837. The Bertz CT molecular complexity index is 268. The molecule has 0 aliphatic carbocycles. The summed E-state index contributed by atoms with van der Waals surface area (Å²) in [6.45, 7) is 6.04. The molecule has 0 radical (unpaired) electrons. The molecule has 0 spiro atoms. The molecule has 72 valence electrons. The summed E-state index contributed by atoms with van der Waals surface area (Å²) in [5, 5.41) is 0.501. The monoisotopic (exact) mass is 311 g/mol. The Morgan fingerprint density at radius 1 is 1.38 bits per heavy atom. The summed E-state index contributed by atoms with van der Waals surface area (Å²) < 4.78 is 0.687. The van der Waals surface area contributed by atoms with Crippen LogP contribution in [0.3, 0.4) is 0 Å². The van der Waals surface area contributed by atoms with Crippen molar-refractivity contribution in [1.29, 1.82) is 0 Å². The van der Waals surface area contributed by atoms with Crippen LogP contribution in [0.5, 0.6) is 0 Å². The minimum Gasteiger partial charge on any atom is -0.357 e. The summed E-state index contributed by atoms with van der Waals surface area (Å²) >= 11 is 7.89. The van der Waals surface area contributed by atoms with Crippen molar-refractivity contribution in [3.8, 4) is 0 Å². The molecule has 0 saturated heterocycles. The van der Waals surface area contributed by atoms with Gasteiger partial charge in [0.2, 0.25) is 0 Å². The molecule has 0 bridgehead atoms. The molecule has 3 nitrogen and oxygen atoms in total. The van der Waals surface area contributed by atoms with E-state index in [1.807, 2.05) is 0 Å². The minimum atomic E-state index is 0.501. The number of aromatic nitrogens is 2. The number of anilines is 1. The molecule has 5 heteroatoms. The van der Waals surface area contributed by atoms with Crippen molar-refractivity contribution in [1.82, 2.24) is 9.97 Å². The van der Waals surface area contributed by atoms with E-state index in [0.29, 0.717) is 8.98 Å². The zero-order chi connectivity index (χ0) is 9.84. The van der Waals surface area contributed by atoms with E-state index < -0.39 is 0 Å². The van der Waals surface area contributed by atoms with E-state index in [-0.39, 0.29) is 0 Å². The van der Waals surface area contributed by atoms with E-state index >= 15 is 0 Å². The second-order valence-electron chi connectivity index (χ2n) is 2.49. The zero-order valence-corrected chi connectivity index (χ0v) is 10.5. The molecular formula is C8H11ClIN3. The maximum absolute atomic E-state index is 5.83. The van der Waals surface area contributed by atoms with Gasteiger partial charge in [-0.2, -0.15) is 0 Å². The summed E-state index contributed by atoms with van der Waals surface area (Å²) in [5.41, 5.74) is 0. The first-order valence-corrected chi connectivity index (χ1v) is 5.58. The van der Waals surface area contributed by atoms with Crippen LogP contribution in [-0.2, 0) is 0 Å². The Balaban J connectivity index is 2.99. The molecule has 1 rings (SSSR count). The second-order valence-corrected chi connectivity index (χ2v) is 3.84. The molecule has 0 amide bonds. The third-order valence-corrected chi connectivity index (χ3v) is 2.42. The molecule has 0 fully saturated rings. The number of nitrogens with zero attached hydrogens (tertiary/aromatic N) is 3. The van der Waals surface area contributed by atoms with Crippen molar-refractivity contribution < 1.29 is 0 Å². The summed E-state index contributed by atoms with van der Waals surface area (Å²) in [6.07, 6.45) is 0. The molecule has 13 heavy (non-hydrogen) atoms. The quantitative estimate of drug-likeness (QED) is 0.488. The largest absolute Gasteiger partial charge is 0.357 e. The molecule has 0 saturated carbocycles. The zero-order valence-electron chi connectivity index (χ0n) is 7.59. The molecule has 0 N–H and O–H groups in total. The van der Waals surface area contributed by atoms with E-state index in [0.717, 1.165) is 18.9 Å². The van der Waals surface area contributed by atoms with Crippen LogP contribution in [0.25, 0.3) is 0 Å². The summed E-state index contributed by atoms with van der Waals surface area (Å²) in [7, 11) is 0. The van der Waals surface area contributed by atoms with Gasteiger partial charge in [0.05, 0.1) is 0 Å². The fraction of sp³-hybridized carbons (Fsp3) is 0.500. The number of hydrogen-bond acceptors (Lipinski definition) is 3. The van der Waals surface area contributed by atoms with Gasteiger partial charge in [-0.3, -0.25) is 0 Å². The van der Waals surface area contributed by atoms with Crippen LogP contribution < -0.4 is 4.90 Å². The van der Waals surface area contributed by atoms with Gasteiger partial charge in [0.1, 0.15) is 11.0 Å². The van der Waals surface area contributed by atoms with Gasteiger partial charge >= 0.3 is 0 Å². The van der Waals surface area contributed by atoms with Crippen LogP contribution in [-0.4, -0.2) is 23.1 Å². The highest BCUT2D eigenvalue weighted by molar-refractivity contribution is 14.1. The fourth-order valence-electron chi connectivity index (χ4n) is 1.09. The second kappa shape index (κ2) is 4.95. The third kappa shape index (κ3) is 2.95. The smallest absolute Gasteiger partial charge is 0.194 e. The van der Waals surface area contributed by atoms with Gasteiger partial charge in [0, 0.05) is 41.7 Å². The van der Waals surface area contributed by atoms with Gasteiger partial charge < -0.3 is 4.90 Å². The van der Waals surface area contributed by atoms with E-state index in [1.54, 1.807) is 6.07 Å². The Kier molecular flexibility index (Phi) is 4.18. The molecule has 0 aromatic carbocycles. The van der Waals surface area contributed by atoms with Crippen molar-refractivity contribution in [3.05, 3.63) is 15.1 Å². The number of halogens is 2. The van der Waals surface area contributed by atoms with Crippen molar-refractivity contribution in [3.63, 3.8) is 0 Å². The number of rotatable bonds is 3. The highest BCUT2D eigenvalue weighted by Crippen LogP contribution is 2.16. The highest BCUT2D eigenvalue weighted by Gasteiger charge is 2.05. The molecule has 1 aromatic rings. The molecule has 1 aromatic heterocycles. The lowest BCUT2D eigenvalue weighted by atomic mass is 10.4.